The van der Waals surface area contributed by atoms with Gasteiger partial charge in [-0.2, -0.15) is 0 Å². The number of thiophene rings is 1. The van der Waals surface area contributed by atoms with Crippen molar-refractivity contribution >= 4 is 29.0 Å². The predicted octanol–water partition coefficient (Wildman–Crippen LogP) is 5.61. The summed E-state index contributed by atoms with van der Waals surface area (Å²) in [6.07, 6.45) is 1.27. The van der Waals surface area contributed by atoms with Gasteiger partial charge in [0.1, 0.15) is 6.54 Å². The van der Waals surface area contributed by atoms with E-state index in [0.29, 0.717) is 62.9 Å². The highest BCUT2D eigenvalue weighted by atomic mass is 32.1. The Morgan fingerprint density at radius 1 is 0.923 bits per heavy atom. The number of benzene rings is 2. The van der Waals surface area contributed by atoms with E-state index in [0.717, 1.165) is 10.4 Å². The summed E-state index contributed by atoms with van der Waals surface area (Å²) in [6.45, 7) is 6.49. The van der Waals surface area contributed by atoms with Crippen LogP contribution in [-0.4, -0.2) is 68.8 Å². The molecule has 0 spiro atoms. The Labute approximate surface area is 235 Å². The van der Waals surface area contributed by atoms with E-state index in [9.17, 15) is 9.59 Å². The Morgan fingerprint density at radius 2 is 1.69 bits per heavy atom. The van der Waals surface area contributed by atoms with Crippen molar-refractivity contribution in [1.82, 2.24) is 9.80 Å². The lowest BCUT2D eigenvalue weighted by atomic mass is 10.1. The molecule has 8 nitrogen and oxygen atoms in total. The van der Waals surface area contributed by atoms with E-state index in [-0.39, 0.29) is 18.5 Å². The van der Waals surface area contributed by atoms with Crippen LogP contribution in [0, 0.1) is 6.92 Å². The maximum absolute atomic E-state index is 13.7. The summed E-state index contributed by atoms with van der Waals surface area (Å²) in [5, 5.41) is 2.91. The summed E-state index contributed by atoms with van der Waals surface area (Å²) in [6, 6.07) is 18.9. The molecule has 0 fully saturated rings. The number of ether oxygens (including phenoxy) is 3. The van der Waals surface area contributed by atoms with Crippen LogP contribution in [0.5, 0.6) is 11.5 Å². The molecule has 210 valence electrons. The summed E-state index contributed by atoms with van der Waals surface area (Å²) >= 11 is 1.67. The molecule has 0 aliphatic heterocycles. The molecule has 0 bridgehead atoms. The molecule has 0 saturated heterocycles. The molecule has 9 heteroatoms. The zero-order chi connectivity index (χ0) is 28.0. The Morgan fingerprint density at radius 3 is 2.36 bits per heavy atom. The quantitative estimate of drug-likeness (QED) is 0.248. The number of hydrogen-bond acceptors (Lipinski definition) is 6. The molecule has 0 aliphatic rings. The third kappa shape index (κ3) is 9.60. The van der Waals surface area contributed by atoms with Gasteiger partial charge >= 0.3 is 6.03 Å². The Balaban J connectivity index is 1.75. The lowest BCUT2D eigenvalue weighted by Gasteiger charge is -2.28. The maximum Gasteiger partial charge on any atom is 0.322 e. The molecule has 1 aromatic heterocycles. The maximum atomic E-state index is 13.7. The predicted molar refractivity (Wildman–Crippen MR) is 156 cm³/mol. The Kier molecular flexibility index (Phi) is 12.1. The number of aryl methyl sites for hydroxylation is 1. The van der Waals surface area contributed by atoms with Gasteiger partial charge in [0.15, 0.2) is 11.5 Å². The van der Waals surface area contributed by atoms with Crippen LogP contribution in [0.4, 0.5) is 10.5 Å². The van der Waals surface area contributed by atoms with Crippen LogP contribution in [0.3, 0.4) is 0 Å². The monoisotopic (exact) mass is 553 g/mol. The van der Waals surface area contributed by atoms with E-state index in [4.69, 9.17) is 14.2 Å². The summed E-state index contributed by atoms with van der Waals surface area (Å²) < 4.78 is 16.3. The first-order chi connectivity index (χ1) is 18.9. The fourth-order valence-corrected chi connectivity index (χ4v) is 5.00. The molecule has 3 aromatic rings. The molecule has 0 saturated carbocycles. The minimum absolute atomic E-state index is 0.0267. The van der Waals surface area contributed by atoms with E-state index in [2.05, 4.69) is 24.4 Å². The number of carbonyl (C=O) groups is 2. The fourth-order valence-electron chi connectivity index (χ4n) is 4.09. The number of amides is 3. The van der Waals surface area contributed by atoms with Gasteiger partial charge in [-0.05, 0) is 68.7 Å². The first-order valence-corrected chi connectivity index (χ1v) is 14.0. The van der Waals surface area contributed by atoms with Crippen LogP contribution in [0.25, 0.3) is 0 Å². The SMILES string of the molecule is CCOCCCN(CC(=O)N(CCc1ccc(OC)c(OC)c1)Cc1ccc(C)s1)C(=O)Nc1ccccc1. The van der Waals surface area contributed by atoms with E-state index >= 15 is 0 Å². The lowest BCUT2D eigenvalue weighted by molar-refractivity contribution is -0.132. The van der Waals surface area contributed by atoms with Crippen molar-refractivity contribution in [3.8, 4) is 11.5 Å². The van der Waals surface area contributed by atoms with Crippen LogP contribution in [-0.2, 0) is 22.5 Å². The zero-order valence-corrected chi connectivity index (χ0v) is 24.1. The van der Waals surface area contributed by atoms with Crippen molar-refractivity contribution in [3.63, 3.8) is 0 Å². The van der Waals surface area contributed by atoms with Crippen molar-refractivity contribution in [1.29, 1.82) is 0 Å². The third-order valence-corrected chi connectivity index (χ3v) is 7.16. The van der Waals surface area contributed by atoms with Gasteiger partial charge in [-0.3, -0.25) is 4.79 Å². The smallest absolute Gasteiger partial charge is 0.322 e. The number of carbonyl (C=O) groups excluding carboxylic acids is 2. The second-order valence-corrected chi connectivity index (χ2v) is 10.4. The first-order valence-electron chi connectivity index (χ1n) is 13.2. The van der Waals surface area contributed by atoms with Gasteiger partial charge < -0.3 is 29.3 Å². The minimum atomic E-state index is -0.308. The molecule has 0 unspecified atom stereocenters. The van der Waals surface area contributed by atoms with Gasteiger partial charge in [-0.1, -0.05) is 24.3 Å². The Bertz CT molecular complexity index is 1180. The van der Waals surface area contributed by atoms with E-state index < -0.39 is 0 Å². The van der Waals surface area contributed by atoms with E-state index in [1.54, 1.807) is 30.5 Å². The number of anilines is 1. The van der Waals surface area contributed by atoms with Crippen molar-refractivity contribution in [2.75, 3.05) is 52.4 Å². The molecule has 0 radical (unpaired) electrons. The molecule has 0 aliphatic carbocycles. The van der Waals surface area contributed by atoms with Crippen molar-refractivity contribution < 1.29 is 23.8 Å². The molecule has 1 N–H and O–H groups in total. The summed E-state index contributed by atoms with van der Waals surface area (Å²) in [5.74, 6) is 1.20. The first kappa shape index (κ1) is 30.0. The van der Waals surface area contributed by atoms with Crippen LogP contribution in [0.1, 0.15) is 28.7 Å². The van der Waals surface area contributed by atoms with Gasteiger partial charge in [0.2, 0.25) is 5.91 Å². The highest BCUT2D eigenvalue weighted by molar-refractivity contribution is 7.11. The molecule has 1 heterocycles. The topological polar surface area (TPSA) is 80.3 Å². The third-order valence-electron chi connectivity index (χ3n) is 6.17. The van der Waals surface area contributed by atoms with Crippen molar-refractivity contribution in [2.45, 2.75) is 33.2 Å². The van der Waals surface area contributed by atoms with Gasteiger partial charge in [0, 0.05) is 41.7 Å². The number of para-hydroxylation sites is 1. The standard InChI is InChI=1S/C30H39N3O5S/c1-5-38-19-9-17-33(30(35)31-25-10-7-6-8-11-25)22-29(34)32(21-26-14-12-23(2)39-26)18-16-24-13-15-27(36-3)28(20-24)37-4/h6-8,10-15,20H,5,9,16-19,21-22H2,1-4H3,(H,31,35). The van der Waals surface area contributed by atoms with Crippen LogP contribution in [0.2, 0.25) is 0 Å². The largest absolute Gasteiger partial charge is 0.493 e. The second kappa shape index (κ2) is 15.8. The van der Waals surface area contributed by atoms with Crippen LogP contribution >= 0.6 is 11.3 Å². The number of hydrogen-bond donors (Lipinski definition) is 1. The highest BCUT2D eigenvalue weighted by Gasteiger charge is 2.22. The van der Waals surface area contributed by atoms with Crippen molar-refractivity contribution in [2.24, 2.45) is 0 Å². The average Bonchev–Trinajstić information content (AvgIpc) is 3.37. The molecule has 3 amide bonds. The second-order valence-electron chi connectivity index (χ2n) is 9.04. The van der Waals surface area contributed by atoms with Crippen molar-refractivity contribution in [3.05, 3.63) is 76.0 Å². The number of urea groups is 1. The number of nitrogens with zero attached hydrogens (tertiary/aromatic N) is 2. The minimum Gasteiger partial charge on any atom is -0.493 e. The summed E-state index contributed by atoms with van der Waals surface area (Å²) in [7, 11) is 3.21. The normalized spacial score (nSPS) is 10.7. The molecular formula is C30H39N3O5S. The van der Waals surface area contributed by atoms with E-state index in [1.165, 1.54) is 4.88 Å². The van der Waals surface area contributed by atoms with Gasteiger partial charge in [-0.25, -0.2) is 4.79 Å². The summed E-state index contributed by atoms with van der Waals surface area (Å²) in [5.41, 5.74) is 1.72. The van der Waals surface area contributed by atoms with Gasteiger partial charge in [0.25, 0.3) is 0 Å². The molecule has 2 aromatic carbocycles. The van der Waals surface area contributed by atoms with E-state index in [1.807, 2.05) is 60.4 Å². The lowest BCUT2D eigenvalue weighted by Crippen LogP contribution is -2.45. The van der Waals surface area contributed by atoms with Gasteiger partial charge in [-0.15, -0.1) is 11.3 Å². The van der Waals surface area contributed by atoms with Crippen LogP contribution in [0.15, 0.2) is 60.7 Å². The van der Waals surface area contributed by atoms with Crippen LogP contribution < -0.4 is 14.8 Å². The number of rotatable bonds is 15. The molecule has 3 rings (SSSR count). The average molecular weight is 554 g/mol. The zero-order valence-electron chi connectivity index (χ0n) is 23.3. The highest BCUT2D eigenvalue weighted by Crippen LogP contribution is 2.28. The molecule has 0 atom stereocenters. The summed E-state index contributed by atoms with van der Waals surface area (Å²) in [4.78, 5) is 32.6. The Hall–Kier alpha value is -3.56. The fraction of sp³-hybridized carbons (Fsp3) is 0.400. The number of nitrogens with one attached hydrogen (secondary N) is 1. The number of methoxy groups -OCH3 is 2. The van der Waals surface area contributed by atoms with Gasteiger partial charge in [0.05, 0.1) is 20.8 Å². The molecular weight excluding hydrogens is 514 g/mol. The molecule has 39 heavy (non-hydrogen) atoms.